The minimum Gasteiger partial charge on any atom is -0.452 e. The van der Waals surface area contributed by atoms with E-state index in [1.807, 2.05) is 0 Å². The minimum absolute atomic E-state index is 0.0324. The van der Waals surface area contributed by atoms with Crippen molar-refractivity contribution in [3.05, 3.63) is 90.0 Å². The lowest BCUT2D eigenvalue weighted by Crippen LogP contribution is -2.38. The summed E-state index contributed by atoms with van der Waals surface area (Å²) in [5.41, 5.74) is 0.225. The molecule has 2 heterocycles. The second-order valence-corrected chi connectivity index (χ2v) is 8.85. The summed E-state index contributed by atoms with van der Waals surface area (Å²) in [6.07, 6.45) is 0. The zero-order chi connectivity index (χ0) is 26.1. The SMILES string of the molecule is Cn1c(NC(=O)COC(=O)c2cc(-c3ccc(Cl)c(Cl)c3Cl)nc3ccccc23)cc(=O)n(C)c1=O. The number of aromatic nitrogens is 3. The van der Waals surface area contributed by atoms with Gasteiger partial charge < -0.3 is 10.1 Å². The van der Waals surface area contributed by atoms with E-state index >= 15 is 0 Å². The van der Waals surface area contributed by atoms with E-state index in [4.69, 9.17) is 39.5 Å². The topological polar surface area (TPSA) is 112 Å². The van der Waals surface area contributed by atoms with Crippen LogP contribution in [0.2, 0.25) is 15.1 Å². The molecule has 9 nitrogen and oxygen atoms in total. The number of nitrogens with zero attached hydrogens (tertiary/aromatic N) is 3. The third-order valence-electron chi connectivity index (χ3n) is 5.38. The molecule has 1 N–H and O–H groups in total. The molecule has 36 heavy (non-hydrogen) atoms. The lowest BCUT2D eigenvalue weighted by atomic mass is 10.0. The second kappa shape index (κ2) is 10.1. The molecule has 0 unspecified atom stereocenters. The van der Waals surface area contributed by atoms with Crippen LogP contribution in [0.3, 0.4) is 0 Å². The lowest BCUT2D eigenvalue weighted by Gasteiger charge is -2.13. The maximum atomic E-state index is 13.0. The number of fused-ring (bicyclic) bond motifs is 1. The van der Waals surface area contributed by atoms with Crippen molar-refractivity contribution < 1.29 is 14.3 Å². The summed E-state index contributed by atoms with van der Waals surface area (Å²) in [6.45, 7) is -0.665. The molecule has 0 saturated heterocycles. The largest absolute Gasteiger partial charge is 0.452 e. The van der Waals surface area contributed by atoms with Crippen molar-refractivity contribution in [1.82, 2.24) is 14.1 Å². The third-order valence-corrected chi connectivity index (χ3v) is 6.67. The number of hydrogen-bond acceptors (Lipinski definition) is 6. The van der Waals surface area contributed by atoms with Crippen LogP contribution in [-0.2, 0) is 23.6 Å². The molecule has 12 heteroatoms. The number of pyridine rings is 1. The zero-order valence-corrected chi connectivity index (χ0v) is 21.1. The normalized spacial score (nSPS) is 10.9. The van der Waals surface area contributed by atoms with Crippen molar-refractivity contribution in [1.29, 1.82) is 0 Å². The summed E-state index contributed by atoms with van der Waals surface area (Å²) < 4.78 is 7.21. The van der Waals surface area contributed by atoms with E-state index in [1.54, 1.807) is 36.4 Å². The number of carbonyl (C=O) groups excluding carboxylic acids is 2. The van der Waals surface area contributed by atoms with Crippen LogP contribution in [0.1, 0.15) is 10.4 Å². The average molecular weight is 548 g/mol. The number of para-hydroxylation sites is 1. The summed E-state index contributed by atoms with van der Waals surface area (Å²) in [6, 6.07) is 12.7. The quantitative estimate of drug-likeness (QED) is 0.298. The van der Waals surface area contributed by atoms with Gasteiger partial charge in [-0.2, -0.15) is 0 Å². The van der Waals surface area contributed by atoms with Crippen LogP contribution in [-0.4, -0.2) is 32.6 Å². The first-order valence-electron chi connectivity index (χ1n) is 10.4. The van der Waals surface area contributed by atoms with Crippen molar-refractivity contribution >= 4 is 63.4 Å². The number of esters is 1. The summed E-state index contributed by atoms with van der Waals surface area (Å²) in [4.78, 5) is 53.9. The number of amides is 1. The average Bonchev–Trinajstić information content (AvgIpc) is 2.87. The summed E-state index contributed by atoms with van der Waals surface area (Å²) in [7, 11) is 2.71. The van der Waals surface area contributed by atoms with Gasteiger partial charge in [0, 0.05) is 31.1 Å². The number of halogens is 3. The number of benzene rings is 2. The Balaban J connectivity index is 1.62. The summed E-state index contributed by atoms with van der Waals surface area (Å²) >= 11 is 18.6. The monoisotopic (exact) mass is 546 g/mol. The van der Waals surface area contributed by atoms with Gasteiger partial charge in [0.2, 0.25) is 0 Å². The van der Waals surface area contributed by atoms with Crippen LogP contribution in [0, 0.1) is 0 Å². The zero-order valence-electron chi connectivity index (χ0n) is 18.8. The Morgan fingerprint density at radius 3 is 2.44 bits per heavy atom. The van der Waals surface area contributed by atoms with Gasteiger partial charge in [-0.05, 0) is 24.3 Å². The Morgan fingerprint density at radius 1 is 0.972 bits per heavy atom. The van der Waals surface area contributed by atoms with E-state index in [1.165, 1.54) is 20.2 Å². The van der Waals surface area contributed by atoms with Gasteiger partial charge in [-0.25, -0.2) is 14.6 Å². The van der Waals surface area contributed by atoms with Crippen LogP contribution in [0.4, 0.5) is 5.82 Å². The van der Waals surface area contributed by atoms with Crippen LogP contribution in [0.5, 0.6) is 0 Å². The molecule has 0 fully saturated rings. The predicted molar refractivity (Wildman–Crippen MR) is 138 cm³/mol. The van der Waals surface area contributed by atoms with Crippen molar-refractivity contribution in [2.45, 2.75) is 0 Å². The number of ether oxygens (including phenoxy) is 1. The van der Waals surface area contributed by atoms with Gasteiger partial charge in [-0.1, -0.05) is 53.0 Å². The number of rotatable bonds is 5. The van der Waals surface area contributed by atoms with Crippen molar-refractivity contribution in [2.24, 2.45) is 14.1 Å². The van der Waals surface area contributed by atoms with Crippen molar-refractivity contribution in [2.75, 3.05) is 11.9 Å². The van der Waals surface area contributed by atoms with Crippen molar-refractivity contribution in [3.8, 4) is 11.3 Å². The summed E-state index contributed by atoms with van der Waals surface area (Å²) in [5, 5.41) is 3.48. The molecule has 0 aliphatic rings. The van der Waals surface area contributed by atoms with Crippen molar-refractivity contribution in [3.63, 3.8) is 0 Å². The van der Waals surface area contributed by atoms with E-state index in [2.05, 4.69) is 10.3 Å². The molecule has 1 amide bonds. The van der Waals surface area contributed by atoms with E-state index in [9.17, 15) is 19.2 Å². The molecule has 0 radical (unpaired) electrons. The van der Waals surface area contributed by atoms with E-state index in [0.29, 0.717) is 22.2 Å². The standard InChI is InChI=1S/C24H17Cl3N4O5/c1-30-18(10-20(33)31(2)24(30)35)29-19(32)11-36-23(34)14-9-17(28-16-6-4-3-5-12(14)16)13-7-8-15(25)22(27)21(13)26/h3-10H,11H2,1-2H3,(H,29,32). The highest BCUT2D eigenvalue weighted by molar-refractivity contribution is 6.49. The minimum atomic E-state index is -0.793. The molecule has 2 aromatic carbocycles. The molecule has 0 bridgehead atoms. The van der Waals surface area contributed by atoms with Gasteiger partial charge >= 0.3 is 11.7 Å². The maximum absolute atomic E-state index is 13.0. The highest BCUT2D eigenvalue weighted by Gasteiger charge is 2.19. The van der Waals surface area contributed by atoms with Crippen LogP contribution in [0.15, 0.2) is 58.1 Å². The molecule has 184 valence electrons. The molecule has 0 spiro atoms. The Morgan fingerprint density at radius 2 is 1.69 bits per heavy atom. The Kier molecular flexibility index (Phi) is 7.16. The first-order chi connectivity index (χ1) is 17.1. The lowest BCUT2D eigenvalue weighted by molar-refractivity contribution is -0.119. The highest BCUT2D eigenvalue weighted by atomic mass is 35.5. The van der Waals surface area contributed by atoms with Gasteiger partial charge in [0.15, 0.2) is 6.61 Å². The smallest absolute Gasteiger partial charge is 0.339 e. The molecule has 4 rings (SSSR count). The first kappa shape index (κ1) is 25.4. The highest BCUT2D eigenvalue weighted by Crippen LogP contribution is 2.38. The van der Waals surface area contributed by atoms with E-state index < -0.39 is 29.7 Å². The fraction of sp³-hybridized carbons (Fsp3) is 0.125. The molecular weight excluding hydrogens is 531 g/mol. The summed E-state index contributed by atoms with van der Waals surface area (Å²) in [5.74, 6) is -1.56. The Labute approximate surface area is 218 Å². The van der Waals surface area contributed by atoms with Gasteiger partial charge in [0.1, 0.15) is 5.82 Å². The maximum Gasteiger partial charge on any atom is 0.339 e. The number of anilines is 1. The van der Waals surface area contributed by atoms with Gasteiger partial charge in [-0.3, -0.25) is 18.7 Å². The Bertz CT molecular complexity index is 1660. The molecular formula is C24H17Cl3N4O5. The van der Waals surface area contributed by atoms with Crippen LogP contribution in [0.25, 0.3) is 22.2 Å². The van der Waals surface area contributed by atoms with Crippen LogP contribution < -0.4 is 16.6 Å². The molecule has 0 aliphatic carbocycles. The molecule has 0 aliphatic heterocycles. The first-order valence-corrected chi connectivity index (χ1v) is 11.5. The van der Waals surface area contributed by atoms with E-state index in [-0.39, 0.29) is 26.4 Å². The van der Waals surface area contributed by atoms with Gasteiger partial charge in [0.05, 0.1) is 31.8 Å². The Hall–Kier alpha value is -3.66. The third kappa shape index (κ3) is 4.86. The predicted octanol–water partition coefficient (Wildman–Crippen LogP) is 4.05. The van der Waals surface area contributed by atoms with Gasteiger partial charge in [-0.15, -0.1) is 0 Å². The fourth-order valence-electron chi connectivity index (χ4n) is 3.45. The molecule has 4 aromatic rings. The van der Waals surface area contributed by atoms with Crippen LogP contribution >= 0.6 is 34.8 Å². The molecule has 0 saturated carbocycles. The second-order valence-electron chi connectivity index (χ2n) is 7.69. The van der Waals surface area contributed by atoms with Gasteiger partial charge in [0.25, 0.3) is 11.5 Å². The molecule has 2 aromatic heterocycles. The number of carbonyl (C=O) groups is 2. The number of nitrogens with one attached hydrogen (secondary N) is 1. The fourth-order valence-corrected chi connectivity index (χ4v) is 4.08. The molecule has 0 atom stereocenters. The van der Waals surface area contributed by atoms with E-state index in [0.717, 1.165) is 15.2 Å². The number of hydrogen-bond donors (Lipinski definition) is 1.